The zero-order valence-corrected chi connectivity index (χ0v) is 11.1. The Morgan fingerprint density at radius 1 is 1.39 bits per heavy atom. The molecule has 0 spiro atoms. The van der Waals surface area contributed by atoms with Crippen molar-refractivity contribution in [3.05, 3.63) is 21.5 Å². The van der Waals surface area contributed by atoms with Gasteiger partial charge in [-0.25, -0.2) is 0 Å². The third-order valence-electron chi connectivity index (χ3n) is 2.77. The highest BCUT2D eigenvalue weighted by Crippen LogP contribution is 2.25. The first-order valence-corrected chi connectivity index (χ1v) is 6.22. The van der Waals surface area contributed by atoms with E-state index >= 15 is 0 Å². The smallest absolute Gasteiger partial charge is 0.299 e. The molecule has 0 unspecified atom stereocenters. The van der Waals surface area contributed by atoms with E-state index in [2.05, 4.69) is 5.10 Å². The number of aromatic nitrogens is 2. The van der Waals surface area contributed by atoms with E-state index in [-0.39, 0.29) is 17.9 Å². The first-order valence-electron chi connectivity index (χ1n) is 6.22. The van der Waals surface area contributed by atoms with Crippen LogP contribution in [-0.4, -0.2) is 20.5 Å². The highest BCUT2D eigenvalue weighted by Gasteiger charge is 2.26. The molecule has 1 rings (SSSR count). The Kier molecular flexibility index (Phi) is 5.00. The topological polar surface area (TPSA) is 78.0 Å². The first kappa shape index (κ1) is 14.3. The molecule has 6 nitrogen and oxygen atoms in total. The van der Waals surface area contributed by atoms with Gasteiger partial charge in [-0.1, -0.05) is 20.3 Å². The Bertz CT molecular complexity index is 452. The molecule has 1 aromatic heterocycles. The minimum atomic E-state index is -0.424. The Hall–Kier alpha value is -1.72. The van der Waals surface area contributed by atoms with Gasteiger partial charge >= 0.3 is 5.69 Å². The van der Waals surface area contributed by atoms with Gasteiger partial charge < -0.3 is 0 Å². The molecule has 0 aliphatic carbocycles. The summed E-state index contributed by atoms with van der Waals surface area (Å²) >= 11 is 0. The second-order valence-electron chi connectivity index (χ2n) is 4.34. The summed E-state index contributed by atoms with van der Waals surface area (Å²) in [5, 5.41) is 15.3. The summed E-state index contributed by atoms with van der Waals surface area (Å²) in [6, 6.07) is 0. The fraction of sp³-hybridized carbons (Fsp3) is 0.667. The van der Waals surface area contributed by atoms with E-state index in [0.717, 1.165) is 12.8 Å². The third kappa shape index (κ3) is 3.15. The number of aryl methyl sites for hydroxylation is 2. The molecule has 6 heteroatoms. The predicted octanol–water partition coefficient (Wildman–Crippen LogP) is 2.19. The molecule has 0 amide bonds. The third-order valence-corrected chi connectivity index (χ3v) is 2.77. The number of ketones is 1. The summed E-state index contributed by atoms with van der Waals surface area (Å²) in [6.07, 6.45) is 2.65. The summed E-state index contributed by atoms with van der Waals surface area (Å²) in [5.74, 6) is 0.0200. The molecular formula is C12H19N3O3. The van der Waals surface area contributed by atoms with Crippen molar-refractivity contribution in [2.24, 2.45) is 7.05 Å². The lowest BCUT2D eigenvalue weighted by atomic mass is 10.1. The molecule has 0 aliphatic heterocycles. The van der Waals surface area contributed by atoms with Crippen LogP contribution in [0, 0.1) is 10.1 Å². The van der Waals surface area contributed by atoms with E-state index < -0.39 is 4.92 Å². The van der Waals surface area contributed by atoms with Gasteiger partial charge in [-0.2, -0.15) is 5.10 Å². The summed E-state index contributed by atoms with van der Waals surface area (Å²) in [5.41, 5.74) is 0.912. The standard InChI is InChI=1S/C12H19N3O3/c1-4-6-9(16)8-11-12(15(17)18)10(7-5-2)13-14(11)3/h4-8H2,1-3H3. The molecule has 0 bridgehead atoms. The second-order valence-corrected chi connectivity index (χ2v) is 4.34. The SMILES string of the molecule is CCCC(=O)Cc1c([N+](=O)[O-])c(CCC)nn1C. The van der Waals surface area contributed by atoms with Crippen molar-refractivity contribution in [3.63, 3.8) is 0 Å². The fourth-order valence-corrected chi connectivity index (χ4v) is 1.98. The molecule has 0 saturated carbocycles. The van der Waals surface area contributed by atoms with Crippen molar-refractivity contribution in [1.29, 1.82) is 0 Å². The molecule has 0 radical (unpaired) electrons. The molecule has 1 aromatic rings. The fourth-order valence-electron chi connectivity index (χ4n) is 1.98. The highest BCUT2D eigenvalue weighted by atomic mass is 16.6. The van der Waals surface area contributed by atoms with Crippen LogP contribution in [-0.2, 0) is 24.7 Å². The number of Topliss-reactive ketones (excluding diaryl/α,β-unsaturated/α-hetero) is 1. The average molecular weight is 253 g/mol. The van der Waals surface area contributed by atoms with Crippen LogP contribution in [0.5, 0.6) is 0 Å². The van der Waals surface area contributed by atoms with Gasteiger partial charge in [0.05, 0.1) is 11.3 Å². The van der Waals surface area contributed by atoms with Gasteiger partial charge in [-0.05, 0) is 12.8 Å². The number of hydrogen-bond donors (Lipinski definition) is 0. The Balaban J connectivity index is 3.09. The van der Waals surface area contributed by atoms with Gasteiger partial charge in [-0.3, -0.25) is 19.6 Å². The van der Waals surface area contributed by atoms with Crippen molar-refractivity contribution in [3.8, 4) is 0 Å². The molecular weight excluding hydrogens is 234 g/mol. The molecule has 0 aliphatic rings. The molecule has 0 aromatic carbocycles. The molecule has 1 heterocycles. The average Bonchev–Trinajstić information content (AvgIpc) is 2.56. The van der Waals surface area contributed by atoms with Crippen LogP contribution in [0.1, 0.15) is 44.5 Å². The van der Waals surface area contributed by atoms with E-state index in [0.29, 0.717) is 24.2 Å². The maximum atomic E-state index is 11.6. The zero-order valence-electron chi connectivity index (χ0n) is 11.1. The molecule has 0 N–H and O–H groups in total. The van der Waals surface area contributed by atoms with Crippen molar-refractivity contribution >= 4 is 11.5 Å². The minimum Gasteiger partial charge on any atom is -0.299 e. The second kappa shape index (κ2) is 6.28. The summed E-state index contributed by atoms with van der Waals surface area (Å²) in [6.45, 7) is 3.86. The van der Waals surface area contributed by atoms with Crippen LogP contribution in [0.4, 0.5) is 5.69 Å². The number of carbonyl (C=O) groups is 1. The predicted molar refractivity (Wildman–Crippen MR) is 67.5 cm³/mol. The number of nitro groups is 1. The van der Waals surface area contributed by atoms with Gasteiger partial charge in [0.25, 0.3) is 0 Å². The van der Waals surface area contributed by atoms with Gasteiger partial charge in [0.15, 0.2) is 0 Å². The van der Waals surface area contributed by atoms with Crippen LogP contribution >= 0.6 is 0 Å². The number of rotatable bonds is 7. The lowest BCUT2D eigenvalue weighted by molar-refractivity contribution is -0.386. The highest BCUT2D eigenvalue weighted by molar-refractivity contribution is 5.81. The number of hydrogen-bond acceptors (Lipinski definition) is 4. The van der Waals surface area contributed by atoms with Crippen LogP contribution in [0.25, 0.3) is 0 Å². The van der Waals surface area contributed by atoms with E-state index in [1.54, 1.807) is 7.05 Å². The van der Waals surface area contributed by atoms with Crippen molar-refractivity contribution in [1.82, 2.24) is 9.78 Å². The summed E-state index contributed by atoms with van der Waals surface area (Å²) in [7, 11) is 1.65. The van der Waals surface area contributed by atoms with Crippen LogP contribution < -0.4 is 0 Å². The Morgan fingerprint density at radius 2 is 2.06 bits per heavy atom. The largest absolute Gasteiger partial charge is 0.313 e. The molecule has 100 valence electrons. The zero-order chi connectivity index (χ0) is 13.7. The number of nitrogens with zero attached hydrogens (tertiary/aromatic N) is 3. The quantitative estimate of drug-likeness (QED) is 0.551. The normalized spacial score (nSPS) is 10.6. The molecule has 0 fully saturated rings. The maximum Gasteiger partial charge on any atom is 0.313 e. The maximum absolute atomic E-state index is 11.6. The minimum absolute atomic E-state index is 0.0174. The van der Waals surface area contributed by atoms with E-state index in [1.807, 2.05) is 13.8 Å². The van der Waals surface area contributed by atoms with Crippen LogP contribution in [0.15, 0.2) is 0 Å². The lowest BCUT2D eigenvalue weighted by Gasteiger charge is -2.00. The van der Waals surface area contributed by atoms with Crippen molar-refractivity contribution < 1.29 is 9.72 Å². The molecule has 0 atom stereocenters. The van der Waals surface area contributed by atoms with E-state index in [9.17, 15) is 14.9 Å². The lowest BCUT2D eigenvalue weighted by Crippen LogP contribution is -2.08. The molecule has 0 saturated heterocycles. The summed E-state index contributed by atoms with van der Waals surface area (Å²) < 4.78 is 1.47. The van der Waals surface area contributed by atoms with Crippen molar-refractivity contribution in [2.45, 2.75) is 46.0 Å². The molecule has 18 heavy (non-hydrogen) atoms. The first-order chi connectivity index (χ1) is 8.51. The van der Waals surface area contributed by atoms with E-state index in [4.69, 9.17) is 0 Å². The number of carbonyl (C=O) groups excluding carboxylic acids is 1. The van der Waals surface area contributed by atoms with Gasteiger partial charge in [0, 0.05) is 13.5 Å². The van der Waals surface area contributed by atoms with Crippen molar-refractivity contribution in [2.75, 3.05) is 0 Å². The van der Waals surface area contributed by atoms with E-state index in [1.165, 1.54) is 4.68 Å². The monoisotopic (exact) mass is 253 g/mol. The Morgan fingerprint density at radius 3 is 2.56 bits per heavy atom. The van der Waals surface area contributed by atoms with Crippen LogP contribution in [0.2, 0.25) is 0 Å². The van der Waals surface area contributed by atoms with Gasteiger partial charge in [0.2, 0.25) is 0 Å². The van der Waals surface area contributed by atoms with Gasteiger partial charge in [-0.15, -0.1) is 0 Å². The van der Waals surface area contributed by atoms with Crippen LogP contribution in [0.3, 0.4) is 0 Å². The summed E-state index contributed by atoms with van der Waals surface area (Å²) in [4.78, 5) is 22.3. The van der Waals surface area contributed by atoms with Gasteiger partial charge in [0.1, 0.15) is 17.2 Å². The Labute approximate surface area is 106 Å².